The monoisotopic (exact) mass is 431 g/mol. The molecule has 1 N–H and O–H groups in total. The predicted octanol–water partition coefficient (Wildman–Crippen LogP) is 3.96. The third-order valence-electron chi connectivity index (χ3n) is 4.95. The molecule has 0 saturated carbocycles. The molecule has 3 aromatic rings. The quantitative estimate of drug-likeness (QED) is 0.502. The molecule has 9 heteroatoms. The van der Waals surface area contributed by atoms with E-state index in [2.05, 4.69) is 10.3 Å². The molecule has 2 heterocycles. The van der Waals surface area contributed by atoms with Crippen molar-refractivity contribution in [2.45, 2.75) is 23.2 Å². The van der Waals surface area contributed by atoms with Crippen LogP contribution in [0.5, 0.6) is 0 Å². The summed E-state index contributed by atoms with van der Waals surface area (Å²) in [5, 5.41) is 2.90. The van der Waals surface area contributed by atoms with Crippen LogP contribution in [0.25, 0.3) is 0 Å². The van der Waals surface area contributed by atoms with Crippen LogP contribution in [0.15, 0.2) is 52.4 Å². The molecule has 154 valence electrons. The first kappa shape index (κ1) is 20.2. The molecule has 0 spiro atoms. The first-order valence-corrected chi connectivity index (χ1v) is 10.1. The molecule has 0 unspecified atom stereocenters. The third kappa shape index (κ3) is 3.72. The number of nitrogens with zero attached hydrogens (tertiary/aromatic N) is 2. The summed E-state index contributed by atoms with van der Waals surface area (Å²) in [4.78, 5) is 29.2. The van der Waals surface area contributed by atoms with Gasteiger partial charge in [-0.2, -0.15) is 4.98 Å². The number of rotatable bonds is 4. The van der Waals surface area contributed by atoms with Crippen molar-refractivity contribution in [3.05, 3.63) is 87.0 Å². The van der Waals surface area contributed by atoms with Gasteiger partial charge in [0.25, 0.3) is 5.56 Å². The maximum absolute atomic E-state index is 14.4. The molecule has 1 aromatic heterocycles. The number of halogens is 3. The second-order valence-electron chi connectivity index (χ2n) is 6.87. The Kier molecular flexibility index (Phi) is 5.38. The Bertz CT molecular complexity index is 1210. The topological polar surface area (TPSA) is 64.0 Å². The van der Waals surface area contributed by atoms with Gasteiger partial charge in [0, 0.05) is 25.1 Å². The number of carbonyl (C=O) groups excluding carboxylic acids is 1. The predicted molar refractivity (Wildman–Crippen MR) is 107 cm³/mol. The molecule has 1 atom stereocenters. The lowest BCUT2D eigenvalue weighted by Crippen LogP contribution is -2.33. The highest BCUT2D eigenvalue weighted by molar-refractivity contribution is 7.98. The molecule has 0 bridgehead atoms. The Labute approximate surface area is 174 Å². The molecule has 0 fully saturated rings. The Morgan fingerprint density at radius 2 is 1.90 bits per heavy atom. The molecule has 4 rings (SSSR count). The molecule has 1 aliphatic heterocycles. The smallest absolute Gasteiger partial charge is 0.279 e. The Hall–Kier alpha value is -3.07. The van der Waals surface area contributed by atoms with E-state index in [1.807, 2.05) is 0 Å². The van der Waals surface area contributed by atoms with E-state index < -0.39 is 29.0 Å². The molecule has 5 nitrogen and oxygen atoms in total. The Morgan fingerprint density at radius 3 is 2.67 bits per heavy atom. The number of amides is 1. The van der Waals surface area contributed by atoms with Gasteiger partial charge in [-0.1, -0.05) is 30.0 Å². The van der Waals surface area contributed by atoms with Crippen LogP contribution in [0, 0.1) is 17.5 Å². The molecule has 1 amide bonds. The van der Waals surface area contributed by atoms with Crippen molar-refractivity contribution in [1.82, 2.24) is 9.55 Å². The number of hydrogen-bond donors (Lipinski definition) is 1. The number of aromatic nitrogens is 2. The largest absolute Gasteiger partial charge is 0.312 e. The summed E-state index contributed by atoms with van der Waals surface area (Å²) in [6, 6.07) is 9.18. The van der Waals surface area contributed by atoms with E-state index in [0.29, 0.717) is 5.56 Å². The van der Waals surface area contributed by atoms with Crippen molar-refractivity contribution in [2.75, 3.05) is 5.32 Å². The lowest BCUT2D eigenvalue weighted by molar-refractivity contribution is -0.116. The average molecular weight is 431 g/mol. The minimum absolute atomic E-state index is 0.0724. The van der Waals surface area contributed by atoms with Crippen LogP contribution in [-0.4, -0.2) is 15.5 Å². The second-order valence-corrected chi connectivity index (χ2v) is 7.81. The van der Waals surface area contributed by atoms with Crippen LogP contribution < -0.4 is 10.9 Å². The highest BCUT2D eigenvalue weighted by Crippen LogP contribution is 2.37. The second kappa shape index (κ2) is 7.98. The van der Waals surface area contributed by atoms with Crippen molar-refractivity contribution in [3.8, 4) is 0 Å². The zero-order valence-electron chi connectivity index (χ0n) is 15.8. The van der Waals surface area contributed by atoms with Gasteiger partial charge in [-0.05, 0) is 35.4 Å². The van der Waals surface area contributed by atoms with Crippen molar-refractivity contribution >= 4 is 23.5 Å². The maximum Gasteiger partial charge on any atom is 0.279 e. The standard InChI is InChI=1S/C21H16F3N3O2S/c1-27-19-18(14(9-17(28)25-19)13-8-12(22)6-7-16(13)24)20(29)26-21(27)30-10-11-4-2-3-5-15(11)23/h2-8,14H,9-10H2,1H3,(H,25,28)/t14-/m0/s1. The highest BCUT2D eigenvalue weighted by atomic mass is 32.2. The number of nitrogens with one attached hydrogen (secondary N) is 1. The normalized spacial score (nSPS) is 15.6. The van der Waals surface area contributed by atoms with E-state index in [9.17, 15) is 22.8 Å². The van der Waals surface area contributed by atoms with Crippen molar-refractivity contribution < 1.29 is 18.0 Å². The van der Waals surface area contributed by atoms with E-state index in [1.54, 1.807) is 25.2 Å². The van der Waals surface area contributed by atoms with Gasteiger partial charge in [-0.25, -0.2) is 13.2 Å². The van der Waals surface area contributed by atoms with Crippen LogP contribution >= 0.6 is 11.8 Å². The van der Waals surface area contributed by atoms with Gasteiger partial charge in [0.15, 0.2) is 5.16 Å². The highest BCUT2D eigenvalue weighted by Gasteiger charge is 2.33. The van der Waals surface area contributed by atoms with E-state index >= 15 is 0 Å². The van der Waals surface area contributed by atoms with Gasteiger partial charge in [-0.15, -0.1) is 0 Å². The Morgan fingerprint density at radius 1 is 1.13 bits per heavy atom. The summed E-state index contributed by atoms with van der Waals surface area (Å²) < 4.78 is 43.5. The fraction of sp³-hybridized carbons (Fsp3) is 0.190. The molecule has 30 heavy (non-hydrogen) atoms. The Balaban J connectivity index is 1.76. The number of anilines is 1. The van der Waals surface area contributed by atoms with Crippen LogP contribution in [0.1, 0.15) is 29.0 Å². The maximum atomic E-state index is 14.4. The number of benzene rings is 2. The summed E-state index contributed by atoms with van der Waals surface area (Å²) in [6.45, 7) is 0. The van der Waals surface area contributed by atoms with Gasteiger partial charge >= 0.3 is 0 Å². The third-order valence-corrected chi connectivity index (χ3v) is 6.03. The summed E-state index contributed by atoms with van der Waals surface area (Å²) >= 11 is 1.13. The van der Waals surface area contributed by atoms with E-state index in [-0.39, 0.29) is 40.1 Å². The summed E-state index contributed by atoms with van der Waals surface area (Å²) in [6.07, 6.45) is -0.202. The number of hydrogen-bond acceptors (Lipinski definition) is 4. The SMILES string of the molecule is Cn1c(SCc2ccccc2F)nc(=O)c2c1NC(=O)C[C@H]2c1cc(F)ccc1F. The number of thioether (sulfide) groups is 1. The average Bonchev–Trinajstić information content (AvgIpc) is 2.71. The summed E-state index contributed by atoms with van der Waals surface area (Å²) in [5.41, 5.74) is -0.181. The lowest BCUT2D eigenvalue weighted by atomic mass is 9.86. The number of fused-ring (bicyclic) bond motifs is 1. The minimum Gasteiger partial charge on any atom is -0.312 e. The molecular formula is C21H16F3N3O2S. The van der Waals surface area contributed by atoms with E-state index in [0.717, 1.165) is 30.0 Å². The fourth-order valence-corrected chi connectivity index (χ4v) is 4.42. The first-order chi connectivity index (χ1) is 14.3. The van der Waals surface area contributed by atoms with Gasteiger partial charge in [-0.3, -0.25) is 9.59 Å². The lowest BCUT2D eigenvalue weighted by Gasteiger charge is -2.27. The zero-order chi connectivity index (χ0) is 21.4. The van der Waals surface area contributed by atoms with Crippen LogP contribution in [-0.2, 0) is 17.6 Å². The fourth-order valence-electron chi connectivity index (χ4n) is 3.47. The summed E-state index contributed by atoms with van der Waals surface area (Å²) in [7, 11) is 1.60. The molecule has 1 aliphatic rings. The van der Waals surface area contributed by atoms with E-state index in [1.165, 1.54) is 10.6 Å². The molecular weight excluding hydrogens is 415 g/mol. The van der Waals surface area contributed by atoms with Gasteiger partial charge < -0.3 is 9.88 Å². The zero-order valence-corrected chi connectivity index (χ0v) is 16.6. The van der Waals surface area contributed by atoms with Crippen molar-refractivity contribution in [3.63, 3.8) is 0 Å². The molecule has 0 aliphatic carbocycles. The van der Waals surface area contributed by atoms with Crippen molar-refractivity contribution in [1.29, 1.82) is 0 Å². The number of carbonyl (C=O) groups is 1. The molecule has 0 saturated heterocycles. The van der Waals surface area contributed by atoms with Gasteiger partial charge in [0.1, 0.15) is 23.3 Å². The first-order valence-electron chi connectivity index (χ1n) is 9.07. The van der Waals surface area contributed by atoms with E-state index in [4.69, 9.17) is 0 Å². The van der Waals surface area contributed by atoms with Gasteiger partial charge in [0.05, 0.1) is 5.56 Å². The van der Waals surface area contributed by atoms with Crippen LogP contribution in [0.3, 0.4) is 0 Å². The van der Waals surface area contributed by atoms with Crippen LogP contribution in [0.4, 0.5) is 19.0 Å². The van der Waals surface area contributed by atoms with Crippen molar-refractivity contribution in [2.24, 2.45) is 7.05 Å². The molecule has 0 radical (unpaired) electrons. The minimum atomic E-state index is -0.957. The van der Waals surface area contributed by atoms with Crippen LogP contribution in [0.2, 0.25) is 0 Å². The summed E-state index contributed by atoms with van der Waals surface area (Å²) in [5.74, 6) is -2.73. The van der Waals surface area contributed by atoms with Gasteiger partial charge in [0.2, 0.25) is 5.91 Å². The molecule has 2 aromatic carbocycles.